The third-order valence-corrected chi connectivity index (χ3v) is 25.1. The normalized spacial score (nSPS) is 26.6. The summed E-state index contributed by atoms with van der Waals surface area (Å²) >= 11 is 1.43. The van der Waals surface area contributed by atoms with Gasteiger partial charge in [0.15, 0.2) is 70.1 Å². The Hall–Kier alpha value is -5.63. The standard InChI is InChI=1S/C21H33N4O4PS.C18H30N5O3P.2C15H24N5O3P/c1-13(11-26)7-6-8-14-16-19(24-21(23-14)31-5)25(12-22-16)20-18(28)17(27)15(29-20)9-10-30(2,3)4;1-5-6-7-12-21-16(19)13-17(22-12)23(10-20-13)18-15(25)14(24)11(26-18)8-9-27(2,3)4;2*1-8-18-13(16)10-14(19-8)20(7-17-10)15-12(22)11(21)9(23-15)5-6-24(2,3)4/h7,12,15,17-18,20,26-28H,2,6,8-11H2,1,3-5H3;10-11,14-15,18,24-25H,2,5-9H2,1,3-4H3,(H2,19,21,22);2*7,9,11-12,15,21-22H,2,5-6H2,1,3-4H3,(H2,16,18,19)/b13-7-;;;/t15-,17-,18-,20-;11-,14-,15-,18-;2*9-,11-,12-,15-/m1111/s1. The van der Waals surface area contributed by atoms with Crippen molar-refractivity contribution in [3.63, 3.8) is 0 Å². The van der Waals surface area contributed by atoms with E-state index in [2.05, 4.69) is 145 Å². The third kappa shape index (κ3) is 20.7. The Bertz CT molecular complexity index is 4440. The number of aromatic nitrogens is 16. The highest BCUT2D eigenvalue weighted by molar-refractivity contribution is 7.98. The second-order valence-corrected chi connectivity index (χ2v) is 48.7. The molecule has 0 bridgehead atoms. The molecule has 12 rings (SSSR count). The number of rotatable bonds is 24. The molecular weight excluding hydrogens is 1460 g/mol. The predicted octanol–water partition coefficient (Wildman–Crippen LogP) is 4.48. The van der Waals surface area contributed by atoms with Crippen LogP contribution in [-0.4, -0.2) is 313 Å². The monoisotopic (exact) mass is 1570 g/mol. The van der Waals surface area contributed by atoms with Gasteiger partial charge in [-0.05, 0) is 150 Å². The minimum atomic E-state index is -1.26. The molecule has 16 atom stereocenters. The molecule has 586 valence electrons. The molecule has 32 nitrogen and oxygen atoms in total. The van der Waals surface area contributed by atoms with Crippen LogP contribution in [0.25, 0.3) is 44.7 Å². The fourth-order valence-electron chi connectivity index (χ4n) is 12.7. The van der Waals surface area contributed by atoms with Gasteiger partial charge in [0.2, 0.25) is 0 Å². The van der Waals surface area contributed by atoms with Crippen molar-refractivity contribution in [2.45, 2.75) is 189 Å². The lowest BCUT2D eigenvalue weighted by atomic mass is 10.1. The lowest BCUT2D eigenvalue weighted by Gasteiger charge is -2.18. The zero-order chi connectivity index (χ0) is 77.8. The molecule has 4 aliphatic heterocycles. The van der Waals surface area contributed by atoms with E-state index in [4.69, 9.17) is 36.1 Å². The van der Waals surface area contributed by atoms with E-state index < -0.39 is 126 Å². The van der Waals surface area contributed by atoms with Crippen LogP contribution >= 0.6 is 39.3 Å². The van der Waals surface area contributed by atoms with E-state index in [-0.39, 0.29) is 18.2 Å². The highest BCUT2D eigenvalue weighted by Gasteiger charge is 2.48. The highest BCUT2D eigenvalue weighted by atomic mass is 32.2. The smallest absolute Gasteiger partial charge is 0.189 e. The van der Waals surface area contributed by atoms with E-state index in [1.54, 1.807) is 44.8 Å². The number of nitrogen functional groups attached to an aromatic ring is 3. The number of unbranched alkanes of at least 4 members (excludes halogenated alkanes) is 1. The summed E-state index contributed by atoms with van der Waals surface area (Å²) in [6, 6.07) is 0. The molecule has 0 aliphatic carbocycles. The molecule has 0 amide bonds. The van der Waals surface area contributed by atoms with Gasteiger partial charge in [-0.3, -0.25) is 18.3 Å². The molecule has 15 N–H and O–H groups in total. The highest BCUT2D eigenvalue weighted by Crippen LogP contribution is 2.45. The predicted molar refractivity (Wildman–Crippen MR) is 429 cm³/mol. The number of ether oxygens (including phenoxy) is 4. The van der Waals surface area contributed by atoms with Crippen molar-refractivity contribution in [3.8, 4) is 0 Å². The van der Waals surface area contributed by atoms with E-state index in [0.717, 1.165) is 61.6 Å². The molecule has 106 heavy (non-hydrogen) atoms. The summed E-state index contributed by atoms with van der Waals surface area (Å²) in [5, 5.41) is 93.6. The van der Waals surface area contributed by atoms with Crippen LogP contribution in [0.1, 0.15) is 107 Å². The molecule has 8 aromatic rings. The van der Waals surface area contributed by atoms with E-state index in [1.807, 2.05) is 19.3 Å². The minimum absolute atomic E-state index is 0.0392. The summed E-state index contributed by atoms with van der Waals surface area (Å²) in [6.07, 6.45) is 24.2. The molecule has 0 unspecified atom stereocenters. The molecule has 4 fully saturated rings. The van der Waals surface area contributed by atoms with Crippen LogP contribution in [-0.2, 0) is 31.8 Å². The topological polar surface area (TPSA) is 471 Å². The van der Waals surface area contributed by atoms with Crippen LogP contribution < -0.4 is 17.2 Å². The van der Waals surface area contributed by atoms with Gasteiger partial charge in [-0.15, -0.1) is 52.7 Å². The number of allylic oxidation sites excluding steroid dienone is 1. The van der Waals surface area contributed by atoms with Crippen LogP contribution in [0.4, 0.5) is 17.5 Å². The van der Waals surface area contributed by atoms with Gasteiger partial charge in [-0.2, -0.15) is 0 Å². The van der Waals surface area contributed by atoms with Gasteiger partial charge < -0.3 is 82.1 Å². The largest absolute Gasteiger partial charge is 0.392 e. The van der Waals surface area contributed by atoms with Crippen molar-refractivity contribution < 1.29 is 64.9 Å². The molecular formula is C69H111N19O13P4S. The number of nitrogens with zero attached hydrogens (tertiary/aromatic N) is 16. The second kappa shape index (κ2) is 35.2. The number of hydrogen-bond donors (Lipinski definition) is 12. The van der Waals surface area contributed by atoms with Crippen molar-refractivity contribution >= 4 is 127 Å². The van der Waals surface area contributed by atoms with Gasteiger partial charge >= 0.3 is 0 Å². The summed E-state index contributed by atoms with van der Waals surface area (Å²) in [6.45, 7) is 19.7. The van der Waals surface area contributed by atoms with Gasteiger partial charge in [-0.25, -0.2) is 59.8 Å². The van der Waals surface area contributed by atoms with Crippen LogP contribution in [0.2, 0.25) is 0 Å². The summed E-state index contributed by atoms with van der Waals surface area (Å²) in [4.78, 5) is 52.2. The molecule has 0 saturated carbocycles. The van der Waals surface area contributed by atoms with E-state index in [9.17, 15) is 46.0 Å². The number of nitrogens with two attached hydrogens (primary N) is 3. The summed E-state index contributed by atoms with van der Waals surface area (Å²) in [5.74, 6) is 2.55. The maximum atomic E-state index is 10.7. The lowest BCUT2D eigenvalue weighted by Crippen LogP contribution is -2.31. The quantitative estimate of drug-likeness (QED) is 0.0172. The van der Waals surface area contributed by atoms with Crippen LogP contribution in [0.3, 0.4) is 0 Å². The van der Waals surface area contributed by atoms with Crippen LogP contribution in [0, 0.1) is 13.8 Å². The van der Waals surface area contributed by atoms with Crippen molar-refractivity contribution in [3.05, 3.63) is 60.1 Å². The average Bonchev–Trinajstić information content (AvgIpc) is 1.63. The number of fused-ring (bicyclic) bond motifs is 4. The maximum Gasteiger partial charge on any atom is 0.189 e. The molecule has 4 aliphatic rings. The zero-order valence-electron chi connectivity index (χ0n) is 63.1. The van der Waals surface area contributed by atoms with Gasteiger partial charge in [0, 0.05) is 6.42 Å². The molecule has 4 saturated heterocycles. The number of aryl methyl sites for hydroxylation is 4. The Kier molecular flexibility index (Phi) is 28.0. The lowest BCUT2D eigenvalue weighted by molar-refractivity contribution is -0.0353. The van der Waals surface area contributed by atoms with E-state index >= 15 is 0 Å². The second-order valence-electron chi connectivity index (χ2n) is 30.6. The minimum Gasteiger partial charge on any atom is -0.392 e. The summed E-state index contributed by atoms with van der Waals surface area (Å²) in [7, 11) is 0. The van der Waals surface area contributed by atoms with Crippen LogP contribution in [0.15, 0.2) is 42.1 Å². The fourth-order valence-corrected chi connectivity index (χ4v) is 16.9. The Labute approximate surface area is 623 Å². The first-order chi connectivity index (χ1) is 49.7. The first kappa shape index (κ1) is 84.4. The molecule has 0 aromatic carbocycles. The van der Waals surface area contributed by atoms with Gasteiger partial charge in [0.05, 0.1) is 62.0 Å². The number of imidazole rings is 4. The van der Waals surface area contributed by atoms with Crippen molar-refractivity contribution in [1.82, 2.24) is 78.1 Å². The SMILES string of the molecule is C=P(C)(C)CC[C@H]1O[C@@H](n2cnc3c(CC/C=C(/C)CO)nc(SC)nc32)[C@H](O)[C@@H]1O.C=P(C)(C)CC[C@H]1O[C@@H](n2cnc3c(N)nc(C)nc32)[C@H](O)[C@@H]1O.C=P(C)(C)CC[C@H]1O[C@@H](n2cnc3c(N)nc(C)nc32)[C@H](O)[C@@H]1O.C=P(C)(C)CC[C@H]1O[C@@H](n2cnc3c(N)nc(CCCC)nc32)[C@H](O)[C@@H]1O. The summed E-state index contributed by atoms with van der Waals surface area (Å²) in [5.41, 5.74) is 23.6. The molecule has 8 aromatic heterocycles. The van der Waals surface area contributed by atoms with E-state index in [0.29, 0.717) is 105 Å². The fraction of sp³-hybridized carbons (Fsp3) is 0.623. The van der Waals surface area contributed by atoms with Gasteiger partial charge in [0.1, 0.15) is 88.4 Å². The van der Waals surface area contributed by atoms with Crippen LogP contribution in [0.5, 0.6) is 0 Å². The molecule has 12 heterocycles. The Morgan fingerprint density at radius 3 is 1.11 bits per heavy atom. The number of aliphatic hydroxyl groups is 9. The number of hydrogen-bond acceptors (Lipinski definition) is 29. The van der Waals surface area contributed by atoms with Gasteiger partial charge in [0.25, 0.3) is 0 Å². The molecule has 0 radical (unpaired) electrons. The summed E-state index contributed by atoms with van der Waals surface area (Å²) < 4.78 is 30.5. The third-order valence-electron chi connectivity index (χ3n) is 18.7. The van der Waals surface area contributed by atoms with Gasteiger partial charge in [-0.1, -0.05) is 36.8 Å². The first-order valence-electron chi connectivity index (χ1n) is 35.4. The Morgan fingerprint density at radius 2 is 0.792 bits per heavy atom. The van der Waals surface area contributed by atoms with Crippen molar-refractivity contribution in [2.75, 3.05) is 108 Å². The van der Waals surface area contributed by atoms with E-state index in [1.165, 1.54) is 24.4 Å². The average molecular weight is 1570 g/mol. The first-order valence-corrected chi connectivity index (χ1v) is 48.9. The van der Waals surface area contributed by atoms with Crippen molar-refractivity contribution in [1.29, 1.82) is 0 Å². The Balaban J connectivity index is 0.000000164. The number of anilines is 3. The zero-order valence-corrected chi connectivity index (χ0v) is 67.5. The van der Waals surface area contributed by atoms with Crippen molar-refractivity contribution in [2.24, 2.45) is 0 Å². The molecule has 37 heteroatoms. The molecule has 0 spiro atoms. The maximum absolute atomic E-state index is 10.7. The number of thioether (sulfide) groups is 1. The Morgan fingerprint density at radius 1 is 0.472 bits per heavy atom. The number of aliphatic hydroxyl groups excluding tert-OH is 9.